The van der Waals surface area contributed by atoms with Crippen LogP contribution in [-0.4, -0.2) is 25.3 Å². The van der Waals surface area contributed by atoms with Crippen molar-refractivity contribution < 1.29 is 9.47 Å². The van der Waals surface area contributed by atoms with Crippen LogP contribution >= 0.6 is 35.0 Å². The second-order valence-electron chi connectivity index (χ2n) is 3.68. The normalized spacial score (nSPS) is 11.2. The third-order valence-corrected chi connectivity index (χ3v) is 4.21. The van der Waals surface area contributed by atoms with E-state index in [-0.39, 0.29) is 6.29 Å². The summed E-state index contributed by atoms with van der Waals surface area (Å²) in [4.78, 5) is 0.955. The molecule has 0 atom stereocenters. The van der Waals surface area contributed by atoms with E-state index >= 15 is 0 Å². The molecule has 0 N–H and O–H groups in total. The maximum Gasteiger partial charge on any atom is 0.166 e. The van der Waals surface area contributed by atoms with Crippen molar-refractivity contribution in [2.75, 3.05) is 19.0 Å². The molecule has 0 aromatic heterocycles. The summed E-state index contributed by atoms with van der Waals surface area (Å²) >= 11 is 13.9. The largest absolute Gasteiger partial charge is 0.352 e. The minimum atomic E-state index is -0.207. The molecule has 102 valence electrons. The second-order valence-corrected chi connectivity index (χ2v) is 5.56. The first-order valence-corrected chi connectivity index (χ1v) is 7.64. The molecule has 0 unspecified atom stereocenters. The lowest BCUT2D eigenvalue weighted by molar-refractivity contribution is -0.120. The Bertz CT molecular complexity index is 379. The van der Waals surface area contributed by atoms with Crippen molar-refractivity contribution in [3.63, 3.8) is 0 Å². The van der Waals surface area contributed by atoms with E-state index in [2.05, 4.69) is 0 Å². The quantitative estimate of drug-likeness (QED) is 0.533. The highest BCUT2D eigenvalue weighted by Gasteiger charge is 2.11. The number of hydrogen-bond donors (Lipinski definition) is 0. The molecule has 2 nitrogen and oxygen atoms in total. The number of hydrogen-bond acceptors (Lipinski definition) is 3. The molecule has 0 aliphatic rings. The summed E-state index contributed by atoms with van der Waals surface area (Å²) in [5.41, 5.74) is 0.984. The molecule has 0 radical (unpaired) electrons. The van der Waals surface area contributed by atoms with Crippen LogP contribution in [-0.2, 0) is 9.47 Å². The average Bonchev–Trinajstić information content (AvgIpc) is 2.32. The SMILES string of the molecule is CCOC(CSc1cc(Cl)c(C)cc1Cl)OCC. The molecule has 5 heteroatoms. The first kappa shape index (κ1) is 16.1. The zero-order valence-corrected chi connectivity index (χ0v) is 13.2. The number of ether oxygens (including phenoxy) is 2. The van der Waals surface area contributed by atoms with Gasteiger partial charge >= 0.3 is 0 Å². The van der Waals surface area contributed by atoms with Gasteiger partial charge in [-0.05, 0) is 38.5 Å². The number of thioether (sulfide) groups is 1. The molecule has 0 heterocycles. The lowest BCUT2D eigenvalue weighted by Gasteiger charge is -2.17. The summed E-state index contributed by atoms with van der Waals surface area (Å²) in [5.74, 6) is 0.695. The first-order valence-electron chi connectivity index (χ1n) is 5.90. The van der Waals surface area contributed by atoms with Crippen molar-refractivity contribution in [1.29, 1.82) is 0 Å². The zero-order valence-electron chi connectivity index (χ0n) is 10.8. The van der Waals surface area contributed by atoms with E-state index in [9.17, 15) is 0 Å². The van der Waals surface area contributed by atoms with E-state index in [4.69, 9.17) is 32.7 Å². The van der Waals surface area contributed by atoms with Gasteiger partial charge in [0.2, 0.25) is 0 Å². The molecule has 1 aromatic rings. The average molecular weight is 309 g/mol. The third-order valence-electron chi connectivity index (χ3n) is 2.29. The van der Waals surface area contributed by atoms with Gasteiger partial charge in [0.1, 0.15) is 0 Å². The number of aryl methyl sites for hydroxylation is 1. The summed E-state index contributed by atoms with van der Waals surface area (Å²) < 4.78 is 11.0. The van der Waals surface area contributed by atoms with Crippen molar-refractivity contribution in [3.8, 4) is 0 Å². The molecule has 0 aliphatic carbocycles. The smallest absolute Gasteiger partial charge is 0.166 e. The van der Waals surface area contributed by atoms with Gasteiger partial charge in [0, 0.05) is 28.9 Å². The standard InChI is InChI=1S/C13H18Cl2O2S/c1-4-16-13(17-5-2)8-18-12-7-10(14)9(3)6-11(12)15/h6-7,13H,4-5,8H2,1-3H3. The summed E-state index contributed by atoms with van der Waals surface area (Å²) in [7, 11) is 0. The molecule has 0 bridgehead atoms. The topological polar surface area (TPSA) is 18.5 Å². The zero-order chi connectivity index (χ0) is 13.5. The summed E-state index contributed by atoms with van der Waals surface area (Å²) in [5, 5.41) is 1.44. The van der Waals surface area contributed by atoms with Crippen LogP contribution in [0, 0.1) is 6.92 Å². The minimum Gasteiger partial charge on any atom is -0.352 e. The van der Waals surface area contributed by atoms with Crippen LogP contribution in [0.3, 0.4) is 0 Å². The molecular formula is C13H18Cl2O2S. The van der Waals surface area contributed by atoms with E-state index in [0.29, 0.717) is 24.0 Å². The van der Waals surface area contributed by atoms with Gasteiger partial charge in [0.15, 0.2) is 6.29 Å². The van der Waals surface area contributed by atoms with Crippen molar-refractivity contribution in [2.45, 2.75) is 32.0 Å². The molecule has 0 spiro atoms. The second kappa shape index (κ2) is 8.28. The highest BCUT2D eigenvalue weighted by Crippen LogP contribution is 2.32. The van der Waals surface area contributed by atoms with E-state index in [1.807, 2.05) is 32.9 Å². The molecule has 1 aromatic carbocycles. The Balaban J connectivity index is 2.64. The molecule has 0 aliphatic heterocycles. The maximum absolute atomic E-state index is 6.18. The van der Waals surface area contributed by atoms with Gasteiger partial charge in [-0.3, -0.25) is 0 Å². The van der Waals surface area contributed by atoms with Crippen LogP contribution in [0.15, 0.2) is 17.0 Å². The van der Waals surface area contributed by atoms with Crippen LogP contribution < -0.4 is 0 Å². The predicted octanol–water partition coefficient (Wildman–Crippen LogP) is 4.79. The molecule has 0 fully saturated rings. The fraction of sp³-hybridized carbons (Fsp3) is 0.538. The Morgan fingerprint density at radius 2 is 1.72 bits per heavy atom. The molecule has 18 heavy (non-hydrogen) atoms. The lowest BCUT2D eigenvalue weighted by atomic mass is 10.2. The summed E-state index contributed by atoms with van der Waals surface area (Å²) in [6.45, 7) is 7.10. The molecule has 0 saturated heterocycles. The van der Waals surface area contributed by atoms with Crippen molar-refractivity contribution in [3.05, 3.63) is 27.7 Å². The lowest BCUT2D eigenvalue weighted by Crippen LogP contribution is -2.19. The summed E-state index contributed by atoms with van der Waals surface area (Å²) in [6, 6.07) is 3.77. The molecule has 0 saturated carbocycles. The maximum atomic E-state index is 6.18. The van der Waals surface area contributed by atoms with Gasteiger partial charge in [-0.25, -0.2) is 0 Å². The van der Waals surface area contributed by atoms with Crippen LogP contribution in [0.25, 0.3) is 0 Å². The van der Waals surface area contributed by atoms with Gasteiger partial charge in [-0.1, -0.05) is 23.2 Å². The Morgan fingerprint density at radius 3 is 2.28 bits per heavy atom. The van der Waals surface area contributed by atoms with Crippen LogP contribution in [0.5, 0.6) is 0 Å². The van der Waals surface area contributed by atoms with Gasteiger partial charge in [0.25, 0.3) is 0 Å². The Labute approximate surface area is 123 Å². The van der Waals surface area contributed by atoms with Gasteiger partial charge < -0.3 is 9.47 Å². The van der Waals surface area contributed by atoms with E-state index in [0.717, 1.165) is 15.5 Å². The fourth-order valence-electron chi connectivity index (χ4n) is 1.41. The highest BCUT2D eigenvalue weighted by atomic mass is 35.5. The third kappa shape index (κ3) is 4.98. The predicted molar refractivity (Wildman–Crippen MR) is 79.0 cm³/mol. The highest BCUT2D eigenvalue weighted by molar-refractivity contribution is 7.99. The van der Waals surface area contributed by atoms with Gasteiger partial charge in [-0.2, -0.15) is 0 Å². The van der Waals surface area contributed by atoms with E-state index in [1.54, 1.807) is 11.8 Å². The molecule has 1 rings (SSSR count). The molecule has 0 amide bonds. The van der Waals surface area contributed by atoms with Gasteiger partial charge in [0.05, 0.1) is 5.02 Å². The van der Waals surface area contributed by atoms with Gasteiger partial charge in [-0.15, -0.1) is 11.8 Å². The first-order chi connectivity index (χ1) is 8.58. The Hall–Kier alpha value is 0.0700. The number of benzene rings is 1. The van der Waals surface area contributed by atoms with Crippen LogP contribution in [0.1, 0.15) is 19.4 Å². The summed E-state index contributed by atoms with van der Waals surface area (Å²) in [6.07, 6.45) is -0.207. The monoisotopic (exact) mass is 308 g/mol. The number of rotatable bonds is 7. The van der Waals surface area contributed by atoms with Crippen LogP contribution in [0.2, 0.25) is 10.0 Å². The van der Waals surface area contributed by atoms with Crippen molar-refractivity contribution in [1.82, 2.24) is 0 Å². The van der Waals surface area contributed by atoms with E-state index < -0.39 is 0 Å². The van der Waals surface area contributed by atoms with E-state index in [1.165, 1.54) is 0 Å². The van der Waals surface area contributed by atoms with Crippen molar-refractivity contribution in [2.24, 2.45) is 0 Å². The number of halogens is 2. The Morgan fingerprint density at radius 1 is 1.11 bits per heavy atom. The molecular weight excluding hydrogens is 291 g/mol. The van der Waals surface area contributed by atoms with Crippen LogP contribution in [0.4, 0.5) is 0 Å². The van der Waals surface area contributed by atoms with Crippen molar-refractivity contribution >= 4 is 35.0 Å². The fourth-order valence-corrected chi connectivity index (χ4v) is 2.93. The Kier molecular flexibility index (Phi) is 7.42. The minimum absolute atomic E-state index is 0.207.